The number of hydrogen-bond donors (Lipinski definition) is 1. The molecule has 0 unspecified atom stereocenters. The van der Waals surface area contributed by atoms with E-state index in [0.717, 1.165) is 6.26 Å². The first-order valence-electron chi connectivity index (χ1n) is 9.16. The molecule has 32 heavy (non-hydrogen) atoms. The molecular formula is C22H17ClF3NO4S. The van der Waals surface area contributed by atoms with Crippen molar-refractivity contribution in [1.29, 1.82) is 0 Å². The van der Waals surface area contributed by atoms with Crippen LogP contribution in [0.4, 0.5) is 18.9 Å². The van der Waals surface area contributed by atoms with Crippen molar-refractivity contribution in [1.82, 2.24) is 0 Å². The van der Waals surface area contributed by atoms with E-state index in [1.54, 1.807) is 18.2 Å². The fourth-order valence-electron chi connectivity index (χ4n) is 2.96. The van der Waals surface area contributed by atoms with Crippen LogP contribution in [0.2, 0.25) is 5.02 Å². The first-order valence-corrected chi connectivity index (χ1v) is 11.4. The second-order valence-corrected chi connectivity index (χ2v) is 9.30. The summed E-state index contributed by atoms with van der Waals surface area (Å²) in [5.41, 5.74) is 1.42. The molecule has 1 amide bonds. The highest BCUT2D eigenvalue weighted by atomic mass is 35.5. The first-order chi connectivity index (χ1) is 14.9. The highest BCUT2D eigenvalue weighted by molar-refractivity contribution is 7.90. The summed E-state index contributed by atoms with van der Waals surface area (Å²) in [5, 5.41) is 2.78. The van der Waals surface area contributed by atoms with Gasteiger partial charge in [0, 0.05) is 23.1 Å². The lowest BCUT2D eigenvalue weighted by atomic mass is 10.0. The number of halogens is 4. The molecule has 0 saturated carbocycles. The van der Waals surface area contributed by atoms with Crippen LogP contribution in [0.15, 0.2) is 71.6 Å². The van der Waals surface area contributed by atoms with Crippen LogP contribution in [0.3, 0.4) is 0 Å². The number of sulfone groups is 1. The molecule has 3 aromatic carbocycles. The topological polar surface area (TPSA) is 72.5 Å². The van der Waals surface area contributed by atoms with E-state index in [-0.39, 0.29) is 27.8 Å². The van der Waals surface area contributed by atoms with Crippen LogP contribution in [0, 0.1) is 0 Å². The van der Waals surface area contributed by atoms with Gasteiger partial charge in [0.1, 0.15) is 5.75 Å². The molecule has 0 aliphatic rings. The normalized spacial score (nSPS) is 11.8. The number of carbonyl (C=O) groups is 1. The first kappa shape index (κ1) is 23.6. The molecule has 0 saturated heterocycles. The number of benzene rings is 3. The number of carbonyl (C=O) groups excluding carboxylic acids is 1. The zero-order valence-electron chi connectivity index (χ0n) is 16.6. The predicted octanol–water partition coefficient (Wildman–Crippen LogP) is 5.49. The summed E-state index contributed by atoms with van der Waals surface area (Å²) >= 11 is 6.27. The molecular weight excluding hydrogens is 467 g/mol. The molecule has 0 atom stereocenters. The summed E-state index contributed by atoms with van der Waals surface area (Å²) < 4.78 is 65.1. The number of para-hydroxylation sites is 1. The van der Waals surface area contributed by atoms with E-state index in [2.05, 4.69) is 10.1 Å². The molecule has 0 fully saturated rings. The molecule has 0 bridgehead atoms. The van der Waals surface area contributed by atoms with Crippen molar-refractivity contribution in [2.75, 3.05) is 11.6 Å². The van der Waals surface area contributed by atoms with Gasteiger partial charge in [-0.05, 0) is 35.9 Å². The molecule has 3 rings (SSSR count). The Kier molecular flexibility index (Phi) is 6.80. The summed E-state index contributed by atoms with van der Waals surface area (Å²) in [6.45, 7) is 0. The number of ether oxygens (including phenoxy) is 1. The van der Waals surface area contributed by atoms with Crippen molar-refractivity contribution in [3.8, 4) is 16.9 Å². The van der Waals surface area contributed by atoms with Gasteiger partial charge in [-0.1, -0.05) is 48.0 Å². The quantitative estimate of drug-likeness (QED) is 0.503. The molecule has 5 nitrogen and oxygen atoms in total. The molecule has 0 aliphatic heterocycles. The van der Waals surface area contributed by atoms with Crippen LogP contribution in [0.5, 0.6) is 5.75 Å². The number of alkyl halides is 3. The third-order valence-corrected chi connectivity index (χ3v) is 5.81. The van der Waals surface area contributed by atoms with Crippen LogP contribution < -0.4 is 10.1 Å². The summed E-state index contributed by atoms with van der Waals surface area (Å²) in [4.78, 5) is 12.5. The summed E-state index contributed by atoms with van der Waals surface area (Å²) in [6.07, 6.45) is -3.77. The van der Waals surface area contributed by atoms with E-state index in [1.807, 2.05) is 0 Å². The zero-order valence-corrected chi connectivity index (χ0v) is 18.2. The molecule has 1 N–H and O–H groups in total. The maximum Gasteiger partial charge on any atom is 0.573 e. The average Bonchev–Trinajstić information content (AvgIpc) is 2.67. The SMILES string of the molecule is CS(=O)(=O)c1ccc(CC(=O)Nc2ccc(-c3ccccc3OC(F)(F)F)c(Cl)c2)cc1. The van der Waals surface area contributed by atoms with Crippen molar-refractivity contribution in [2.45, 2.75) is 17.7 Å². The van der Waals surface area contributed by atoms with Crippen LogP contribution in [0.1, 0.15) is 5.56 Å². The second kappa shape index (κ2) is 9.22. The average molecular weight is 484 g/mol. The Bertz CT molecular complexity index is 1240. The van der Waals surface area contributed by atoms with E-state index < -0.39 is 21.9 Å². The van der Waals surface area contributed by atoms with Crippen molar-refractivity contribution < 1.29 is 31.1 Å². The van der Waals surface area contributed by atoms with Gasteiger partial charge in [0.2, 0.25) is 5.91 Å². The monoisotopic (exact) mass is 483 g/mol. The summed E-state index contributed by atoms with van der Waals surface area (Å²) in [6, 6.07) is 15.9. The third-order valence-electron chi connectivity index (χ3n) is 4.37. The molecule has 0 spiro atoms. The van der Waals surface area contributed by atoms with Crippen molar-refractivity contribution in [3.05, 3.63) is 77.3 Å². The van der Waals surface area contributed by atoms with E-state index >= 15 is 0 Å². The fourth-order valence-corrected chi connectivity index (χ4v) is 3.87. The molecule has 0 aromatic heterocycles. The van der Waals surface area contributed by atoms with Gasteiger partial charge < -0.3 is 10.1 Å². The van der Waals surface area contributed by atoms with Gasteiger partial charge in [-0.25, -0.2) is 8.42 Å². The Labute approximate surface area is 187 Å². The van der Waals surface area contributed by atoms with Gasteiger partial charge in [0.25, 0.3) is 0 Å². The van der Waals surface area contributed by atoms with Gasteiger partial charge in [0.05, 0.1) is 16.3 Å². The summed E-state index contributed by atoms with van der Waals surface area (Å²) in [5.74, 6) is -0.766. The van der Waals surface area contributed by atoms with Gasteiger partial charge in [-0.3, -0.25) is 4.79 Å². The molecule has 0 aliphatic carbocycles. The number of nitrogens with one attached hydrogen (secondary N) is 1. The largest absolute Gasteiger partial charge is 0.573 e. The number of rotatable bonds is 6. The minimum atomic E-state index is -4.85. The lowest BCUT2D eigenvalue weighted by Crippen LogP contribution is -2.17. The Hall–Kier alpha value is -3.04. The lowest BCUT2D eigenvalue weighted by Gasteiger charge is -2.15. The molecule has 3 aromatic rings. The van der Waals surface area contributed by atoms with Gasteiger partial charge in [0.15, 0.2) is 9.84 Å². The minimum absolute atomic E-state index is 0.00827. The predicted molar refractivity (Wildman–Crippen MR) is 115 cm³/mol. The Morgan fingerprint density at radius 3 is 2.25 bits per heavy atom. The van der Waals surface area contributed by atoms with Crippen LogP contribution in [-0.2, 0) is 21.1 Å². The van der Waals surface area contributed by atoms with E-state index in [1.165, 1.54) is 48.5 Å². The molecule has 0 heterocycles. The van der Waals surface area contributed by atoms with Gasteiger partial charge in [-0.2, -0.15) is 0 Å². The molecule has 10 heteroatoms. The standard InChI is InChI=1S/C22H17ClF3NO4S/c1-32(29,30)16-9-6-14(7-10-16)12-21(28)27-15-8-11-17(19(23)13-15)18-4-2-3-5-20(18)31-22(24,25)26/h2-11,13H,12H2,1H3,(H,27,28). The highest BCUT2D eigenvalue weighted by Gasteiger charge is 2.32. The Morgan fingerprint density at radius 2 is 1.66 bits per heavy atom. The van der Waals surface area contributed by atoms with Crippen LogP contribution in [0.25, 0.3) is 11.1 Å². The van der Waals surface area contributed by atoms with Crippen LogP contribution >= 0.6 is 11.6 Å². The number of amides is 1. The number of hydrogen-bond acceptors (Lipinski definition) is 4. The van der Waals surface area contributed by atoms with Crippen LogP contribution in [-0.4, -0.2) is 26.9 Å². The van der Waals surface area contributed by atoms with E-state index in [4.69, 9.17) is 11.6 Å². The smallest absolute Gasteiger partial charge is 0.405 e. The molecule has 0 radical (unpaired) electrons. The lowest BCUT2D eigenvalue weighted by molar-refractivity contribution is -0.274. The third kappa shape index (κ3) is 6.24. The van der Waals surface area contributed by atoms with E-state index in [9.17, 15) is 26.4 Å². The highest BCUT2D eigenvalue weighted by Crippen LogP contribution is 2.38. The van der Waals surface area contributed by atoms with E-state index in [0.29, 0.717) is 16.8 Å². The van der Waals surface area contributed by atoms with Gasteiger partial charge in [-0.15, -0.1) is 13.2 Å². The van der Waals surface area contributed by atoms with Gasteiger partial charge >= 0.3 is 6.36 Å². The second-order valence-electron chi connectivity index (χ2n) is 6.88. The summed E-state index contributed by atoms with van der Waals surface area (Å²) in [7, 11) is -3.33. The zero-order chi connectivity index (χ0) is 23.5. The van der Waals surface area contributed by atoms with Crippen molar-refractivity contribution in [2.24, 2.45) is 0 Å². The molecule has 168 valence electrons. The maximum absolute atomic E-state index is 12.7. The Morgan fingerprint density at radius 1 is 1.00 bits per heavy atom. The number of anilines is 1. The minimum Gasteiger partial charge on any atom is -0.405 e. The Balaban J connectivity index is 1.74. The maximum atomic E-state index is 12.7. The fraction of sp³-hybridized carbons (Fsp3) is 0.136. The van der Waals surface area contributed by atoms with Crippen molar-refractivity contribution in [3.63, 3.8) is 0 Å². The van der Waals surface area contributed by atoms with Crippen molar-refractivity contribution >= 4 is 33.0 Å².